The molecule has 0 spiro atoms. The lowest BCUT2D eigenvalue weighted by Gasteiger charge is -2.32. The van der Waals surface area contributed by atoms with Crippen LogP contribution in [0.2, 0.25) is 0 Å². The number of hydrogen-bond acceptors (Lipinski definition) is 2. The van der Waals surface area contributed by atoms with Crippen molar-refractivity contribution in [3.05, 3.63) is 0 Å². The maximum absolute atomic E-state index is 12.7. The zero-order chi connectivity index (χ0) is 10.1. The van der Waals surface area contributed by atoms with E-state index >= 15 is 0 Å². The third kappa shape index (κ3) is 1.96. The third-order valence-electron chi connectivity index (χ3n) is 2.52. The van der Waals surface area contributed by atoms with Gasteiger partial charge in [0, 0.05) is 13.1 Å². The van der Waals surface area contributed by atoms with Crippen molar-refractivity contribution in [1.82, 2.24) is 10.2 Å². The molecule has 0 aliphatic carbocycles. The van der Waals surface area contributed by atoms with Gasteiger partial charge in [0.2, 0.25) is 0 Å². The van der Waals surface area contributed by atoms with Gasteiger partial charge < -0.3 is 10.2 Å². The maximum Gasteiger partial charge on any atom is 0.407 e. The lowest BCUT2D eigenvalue weighted by molar-refractivity contribution is -0.192. The van der Waals surface area contributed by atoms with Gasteiger partial charge in [-0.05, 0) is 20.0 Å². The fraction of sp³-hybridized carbons (Fsp3) is 1.00. The molecular weight excluding hydrogens is 181 g/mol. The van der Waals surface area contributed by atoms with Crippen molar-refractivity contribution in [1.29, 1.82) is 0 Å². The van der Waals surface area contributed by atoms with Crippen LogP contribution in [0.15, 0.2) is 0 Å². The van der Waals surface area contributed by atoms with Gasteiger partial charge in [0.25, 0.3) is 0 Å². The van der Waals surface area contributed by atoms with Gasteiger partial charge in [-0.15, -0.1) is 0 Å². The van der Waals surface area contributed by atoms with Gasteiger partial charge >= 0.3 is 6.18 Å². The fourth-order valence-electron chi connectivity index (χ4n) is 1.81. The van der Waals surface area contributed by atoms with Crippen LogP contribution in [0.1, 0.15) is 13.3 Å². The minimum Gasteiger partial charge on any atom is -0.304 e. The molecule has 2 nitrogen and oxygen atoms in total. The summed E-state index contributed by atoms with van der Waals surface area (Å²) in [6.07, 6.45) is -3.99. The SMILES string of the molecule is CCNC1(C(F)(F)F)CCN(C)C1. The summed E-state index contributed by atoms with van der Waals surface area (Å²) in [5.41, 5.74) is -1.67. The monoisotopic (exact) mass is 196 g/mol. The van der Waals surface area contributed by atoms with E-state index in [-0.39, 0.29) is 13.0 Å². The Balaban J connectivity index is 2.77. The molecule has 1 aliphatic heterocycles. The van der Waals surface area contributed by atoms with Gasteiger partial charge in [-0.25, -0.2) is 0 Å². The first kappa shape index (κ1) is 10.8. The molecule has 1 unspecified atom stereocenters. The average Bonchev–Trinajstić information content (AvgIpc) is 2.32. The second kappa shape index (κ2) is 3.46. The summed E-state index contributed by atoms with van der Waals surface area (Å²) in [5, 5.41) is 2.56. The van der Waals surface area contributed by atoms with E-state index in [1.807, 2.05) is 0 Å². The van der Waals surface area contributed by atoms with E-state index in [4.69, 9.17) is 0 Å². The molecule has 1 heterocycles. The van der Waals surface area contributed by atoms with Crippen molar-refractivity contribution in [3.8, 4) is 0 Å². The first-order valence-electron chi connectivity index (χ1n) is 4.41. The van der Waals surface area contributed by atoms with Crippen LogP contribution in [0.4, 0.5) is 13.2 Å². The Morgan fingerprint density at radius 2 is 2.08 bits per heavy atom. The molecule has 0 aromatic carbocycles. The molecule has 0 saturated carbocycles. The molecule has 1 atom stereocenters. The van der Waals surface area contributed by atoms with Crippen LogP contribution in [-0.4, -0.2) is 43.3 Å². The molecule has 0 aromatic rings. The highest BCUT2D eigenvalue weighted by molar-refractivity contribution is 5.01. The van der Waals surface area contributed by atoms with E-state index in [0.29, 0.717) is 13.1 Å². The van der Waals surface area contributed by atoms with E-state index in [1.165, 1.54) is 0 Å². The number of nitrogens with zero attached hydrogens (tertiary/aromatic N) is 1. The smallest absolute Gasteiger partial charge is 0.304 e. The summed E-state index contributed by atoms with van der Waals surface area (Å²) in [6, 6.07) is 0. The van der Waals surface area contributed by atoms with E-state index in [2.05, 4.69) is 5.32 Å². The van der Waals surface area contributed by atoms with Gasteiger partial charge in [0.1, 0.15) is 5.54 Å². The zero-order valence-electron chi connectivity index (χ0n) is 7.91. The van der Waals surface area contributed by atoms with Crippen molar-refractivity contribution >= 4 is 0 Å². The first-order valence-corrected chi connectivity index (χ1v) is 4.41. The number of halogens is 3. The third-order valence-corrected chi connectivity index (χ3v) is 2.52. The molecule has 0 bridgehead atoms. The molecule has 13 heavy (non-hydrogen) atoms. The van der Waals surface area contributed by atoms with Crippen LogP contribution in [0.25, 0.3) is 0 Å². The number of nitrogens with one attached hydrogen (secondary N) is 1. The molecule has 0 aromatic heterocycles. The van der Waals surface area contributed by atoms with E-state index < -0.39 is 11.7 Å². The van der Waals surface area contributed by atoms with Crippen LogP contribution in [0.3, 0.4) is 0 Å². The van der Waals surface area contributed by atoms with Crippen LogP contribution in [0.5, 0.6) is 0 Å². The molecular formula is C8H15F3N2. The summed E-state index contributed by atoms with van der Waals surface area (Å²) < 4.78 is 38.1. The van der Waals surface area contributed by atoms with Gasteiger partial charge in [0.15, 0.2) is 0 Å². The topological polar surface area (TPSA) is 15.3 Å². The average molecular weight is 196 g/mol. The Morgan fingerprint density at radius 1 is 1.46 bits per heavy atom. The Kier molecular flexibility index (Phi) is 2.87. The van der Waals surface area contributed by atoms with Crippen LogP contribution in [-0.2, 0) is 0 Å². The van der Waals surface area contributed by atoms with Crippen LogP contribution < -0.4 is 5.32 Å². The van der Waals surface area contributed by atoms with E-state index in [1.54, 1.807) is 18.9 Å². The number of likely N-dealkylation sites (tertiary alicyclic amines) is 1. The Hall–Kier alpha value is -0.290. The number of hydrogen-bond donors (Lipinski definition) is 1. The molecule has 1 aliphatic rings. The number of rotatable bonds is 2. The summed E-state index contributed by atoms with van der Waals surface area (Å²) in [5.74, 6) is 0. The van der Waals surface area contributed by atoms with Crippen LogP contribution >= 0.6 is 0 Å². The number of likely N-dealkylation sites (N-methyl/N-ethyl adjacent to an activating group) is 2. The normalized spacial score (nSPS) is 31.2. The summed E-state index contributed by atoms with van der Waals surface area (Å²) in [4.78, 5) is 1.70. The second-order valence-corrected chi connectivity index (χ2v) is 3.60. The zero-order valence-corrected chi connectivity index (χ0v) is 7.91. The number of alkyl halides is 3. The predicted molar refractivity (Wildman–Crippen MR) is 44.6 cm³/mol. The second-order valence-electron chi connectivity index (χ2n) is 3.60. The highest BCUT2D eigenvalue weighted by atomic mass is 19.4. The van der Waals surface area contributed by atoms with Gasteiger partial charge in [-0.1, -0.05) is 6.92 Å². The molecule has 1 saturated heterocycles. The fourth-order valence-corrected chi connectivity index (χ4v) is 1.81. The summed E-state index contributed by atoms with van der Waals surface area (Å²) in [7, 11) is 1.71. The highest BCUT2D eigenvalue weighted by Gasteiger charge is 2.56. The first-order chi connectivity index (χ1) is 5.91. The van der Waals surface area contributed by atoms with Crippen molar-refractivity contribution in [3.63, 3.8) is 0 Å². The molecule has 0 radical (unpaired) electrons. The molecule has 0 amide bonds. The van der Waals surface area contributed by atoms with Crippen LogP contribution in [0, 0.1) is 0 Å². The minimum absolute atomic E-state index is 0.0599. The van der Waals surface area contributed by atoms with E-state index in [0.717, 1.165) is 0 Å². The largest absolute Gasteiger partial charge is 0.407 e. The van der Waals surface area contributed by atoms with E-state index in [9.17, 15) is 13.2 Å². The van der Waals surface area contributed by atoms with Gasteiger partial charge in [-0.3, -0.25) is 0 Å². The molecule has 1 N–H and O–H groups in total. The molecule has 1 fully saturated rings. The Labute approximate surface area is 76.1 Å². The molecule has 1 rings (SSSR count). The highest BCUT2D eigenvalue weighted by Crippen LogP contribution is 2.37. The van der Waals surface area contributed by atoms with Crippen molar-refractivity contribution in [2.24, 2.45) is 0 Å². The maximum atomic E-state index is 12.7. The molecule has 5 heteroatoms. The van der Waals surface area contributed by atoms with Crippen molar-refractivity contribution < 1.29 is 13.2 Å². The lowest BCUT2D eigenvalue weighted by Crippen LogP contribution is -2.58. The standard InChI is InChI=1S/C8H15F3N2/c1-3-12-7(8(9,10)11)4-5-13(2)6-7/h12H,3-6H2,1-2H3. The molecule has 78 valence electrons. The Morgan fingerprint density at radius 3 is 2.38 bits per heavy atom. The Bertz CT molecular complexity index is 177. The quantitative estimate of drug-likeness (QED) is 0.714. The summed E-state index contributed by atoms with van der Waals surface area (Å²) >= 11 is 0. The van der Waals surface area contributed by atoms with Gasteiger partial charge in [0.05, 0.1) is 0 Å². The summed E-state index contributed by atoms with van der Waals surface area (Å²) in [6.45, 7) is 2.62. The van der Waals surface area contributed by atoms with Crippen molar-refractivity contribution in [2.75, 3.05) is 26.7 Å². The lowest BCUT2D eigenvalue weighted by atomic mass is 9.98. The van der Waals surface area contributed by atoms with Crippen molar-refractivity contribution in [2.45, 2.75) is 25.1 Å². The van der Waals surface area contributed by atoms with Gasteiger partial charge in [-0.2, -0.15) is 13.2 Å². The minimum atomic E-state index is -4.15. The predicted octanol–water partition coefficient (Wildman–Crippen LogP) is 1.23.